The maximum absolute atomic E-state index is 13.2. The highest BCUT2D eigenvalue weighted by atomic mass is 32.2. The van der Waals surface area contributed by atoms with Crippen LogP contribution in [0.25, 0.3) is 5.70 Å². The number of benzene rings is 3. The summed E-state index contributed by atoms with van der Waals surface area (Å²) in [5.74, 6) is 0. The standard InChI is InChI=1S/C27H28N2O5S2/c1-19-13-15-23(16-14-19)36(32,33)29(3)20(2)24-12-8-7-11-22(24)17-25(26(30)35)28-27(31)34-18-21-9-5-4-6-10-21/h4-16,25H,2,17-18H2,1,3H3,(H,28,31)(H,30,35)/p-1/t25-/m0/s1. The summed E-state index contributed by atoms with van der Waals surface area (Å²) in [6.07, 6.45) is -0.742. The van der Waals surface area contributed by atoms with E-state index in [0.29, 0.717) is 11.1 Å². The molecule has 0 saturated carbocycles. The highest BCUT2D eigenvalue weighted by molar-refractivity contribution is 7.89. The van der Waals surface area contributed by atoms with Gasteiger partial charge in [-0.3, -0.25) is 4.31 Å². The van der Waals surface area contributed by atoms with Crippen molar-refractivity contribution in [2.24, 2.45) is 0 Å². The minimum Gasteiger partial charge on any atom is -0.740 e. The van der Waals surface area contributed by atoms with Gasteiger partial charge in [0.2, 0.25) is 0 Å². The van der Waals surface area contributed by atoms with Gasteiger partial charge in [0.05, 0.1) is 16.6 Å². The van der Waals surface area contributed by atoms with Crippen LogP contribution in [0, 0.1) is 6.92 Å². The quantitative estimate of drug-likeness (QED) is 0.401. The van der Waals surface area contributed by atoms with Gasteiger partial charge in [0.15, 0.2) is 0 Å². The monoisotopic (exact) mass is 523 g/mol. The number of nitrogens with one attached hydrogen (secondary N) is 1. The second-order valence-electron chi connectivity index (χ2n) is 8.17. The van der Waals surface area contributed by atoms with E-state index in [4.69, 9.17) is 17.4 Å². The third kappa shape index (κ3) is 6.71. The smallest absolute Gasteiger partial charge is 0.407 e. The van der Waals surface area contributed by atoms with Crippen LogP contribution in [0.1, 0.15) is 22.3 Å². The molecule has 188 valence electrons. The fourth-order valence-electron chi connectivity index (χ4n) is 3.48. The second-order valence-corrected chi connectivity index (χ2v) is 10.5. The molecule has 1 N–H and O–H groups in total. The number of hydrogen-bond donors (Lipinski definition) is 1. The molecule has 0 aliphatic heterocycles. The molecular formula is C27H27N2O5S2-. The number of rotatable bonds is 10. The molecule has 1 amide bonds. The Hall–Kier alpha value is -3.69. The van der Waals surface area contributed by atoms with E-state index in [0.717, 1.165) is 15.4 Å². The Morgan fingerprint density at radius 2 is 1.61 bits per heavy atom. The van der Waals surface area contributed by atoms with Crippen LogP contribution in [0.2, 0.25) is 0 Å². The van der Waals surface area contributed by atoms with Crippen molar-refractivity contribution in [2.45, 2.75) is 30.9 Å². The number of hydrogen-bond acceptors (Lipinski definition) is 6. The molecular weight excluding hydrogens is 496 g/mol. The Morgan fingerprint density at radius 1 is 1.00 bits per heavy atom. The fraction of sp³-hybridized carbons (Fsp3) is 0.185. The Kier molecular flexibility index (Phi) is 8.84. The lowest BCUT2D eigenvalue weighted by Gasteiger charge is -2.26. The van der Waals surface area contributed by atoms with E-state index in [9.17, 15) is 18.0 Å². The Labute approximate surface area is 217 Å². The zero-order chi connectivity index (χ0) is 26.3. The summed E-state index contributed by atoms with van der Waals surface area (Å²) in [6.45, 7) is 5.91. The van der Waals surface area contributed by atoms with Gasteiger partial charge in [-0.2, -0.15) is 0 Å². The molecule has 0 fully saturated rings. The molecule has 0 heterocycles. The van der Waals surface area contributed by atoms with E-state index in [1.165, 1.54) is 19.2 Å². The van der Waals surface area contributed by atoms with Crippen molar-refractivity contribution >= 4 is 39.6 Å². The first-order valence-corrected chi connectivity index (χ1v) is 12.9. The van der Waals surface area contributed by atoms with E-state index in [-0.39, 0.29) is 23.6 Å². The van der Waals surface area contributed by atoms with E-state index in [1.807, 2.05) is 37.3 Å². The van der Waals surface area contributed by atoms with Gasteiger partial charge in [-0.15, -0.1) is 0 Å². The lowest BCUT2D eigenvalue weighted by atomic mass is 9.99. The van der Waals surface area contributed by atoms with Crippen LogP contribution in [0.4, 0.5) is 4.79 Å². The van der Waals surface area contributed by atoms with Crippen LogP contribution >= 0.6 is 0 Å². The van der Waals surface area contributed by atoms with E-state index < -0.39 is 27.3 Å². The largest absolute Gasteiger partial charge is 0.740 e. The highest BCUT2D eigenvalue weighted by Gasteiger charge is 2.25. The van der Waals surface area contributed by atoms with Crippen LogP contribution in [-0.2, 0) is 45.2 Å². The molecule has 0 unspecified atom stereocenters. The van der Waals surface area contributed by atoms with Crippen molar-refractivity contribution < 1.29 is 22.7 Å². The Morgan fingerprint density at radius 3 is 2.25 bits per heavy atom. The molecule has 3 aromatic carbocycles. The minimum absolute atomic E-state index is 0.0381. The van der Waals surface area contributed by atoms with Gasteiger partial charge >= 0.3 is 6.09 Å². The van der Waals surface area contributed by atoms with Crippen molar-refractivity contribution in [1.82, 2.24) is 9.62 Å². The molecule has 7 nitrogen and oxygen atoms in total. The molecule has 3 rings (SSSR count). The molecule has 0 radical (unpaired) electrons. The number of nitrogens with zero attached hydrogens (tertiary/aromatic N) is 1. The zero-order valence-corrected chi connectivity index (χ0v) is 21.6. The average Bonchev–Trinajstić information content (AvgIpc) is 2.87. The van der Waals surface area contributed by atoms with Crippen LogP contribution in [-0.4, -0.2) is 37.0 Å². The fourth-order valence-corrected chi connectivity index (χ4v) is 4.81. The summed E-state index contributed by atoms with van der Waals surface area (Å²) >= 11 is 4.85. The van der Waals surface area contributed by atoms with E-state index in [2.05, 4.69) is 11.9 Å². The topological polar surface area (TPSA) is 92.8 Å². The number of sulfonamides is 1. The van der Waals surface area contributed by atoms with Gasteiger partial charge in [-0.25, -0.2) is 13.2 Å². The van der Waals surface area contributed by atoms with Gasteiger partial charge in [0.25, 0.3) is 10.0 Å². The summed E-state index contributed by atoms with van der Waals surface area (Å²) in [6, 6.07) is 21.5. The number of aryl methyl sites for hydroxylation is 1. The van der Waals surface area contributed by atoms with Crippen molar-refractivity contribution in [3.05, 3.63) is 108 Å². The first kappa shape index (κ1) is 26.9. The van der Waals surface area contributed by atoms with Crippen molar-refractivity contribution in [3.8, 4) is 0 Å². The van der Waals surface area contributed by atoms with Crippen LogP contribution in [0.3, 0.4) is 0 Å². The summed E-state index contributed by atoms with van der Waals surface area (Å²) in [5, 5.41) is 1.84. The third-order valence-electron chi connectivity index (χ3n) is 5.60. The first-order chi connectivity index (χ1) is 17.1. The second kappa shape index (κ2) is 11.8. The zero-order valence-electron chi connectivity index (χ0n) is 20.0. The summed E-state index contributed by atoms with van der Waals surface area (Å²) in [4.78, 5) is 24.6. The predicted octanol–water partition coefficient (Wildman–Crippen LogP) is 4.20. The summed E-state index contributed by atoms with van der Waals surface area (Å²) in [7, 11) is -2.44. The first-order valence-electron chi connectivity index (χ1n) is 11.1. The van der Waals surface area contributed by atoms with Gasteiger partial charge in [-0.1, -0.05) is 78.9 Å². The van der Waals surface area contributed by atoms with Crippen molar-refractivity contribution in [1.29, 1.82) is 0 Å². The number of carbonyl (C=O) groups excluding carboxylic acids is 2. The third-order valence-corrected chi connectivity index (χ3v) is 7.70. The molecule has 3 aromatic rings. The van der Waals surface area contributed by atoms with Crippen LogP contribution in [0.15, 0.2) is 90.3 Å². The lowest BCUT2D eigenvalue weighted by molar-refractivity contribution is -0.112. The summed E-state index contributed by atoms with van der Waals surface area (Å²) in [5.41, 5.74) is 3.06. The number of amides is 1. The molecule has 36 heavy (non-hydrogen) atoms. The maximum atomic E-state index is 13.2. The van der Waals surface area contributed by atoms with E-state index >= 15 is 0 Å². The summed E-state index contributed by atoms with van der Waals surface area (Å²) < 4.78 is 32.6. The molecule has 0 bridgehead atoms. The molecule has 0 aliphatic carbocycles. The molecule has 0 saturated heterocycles. The maximum Gasteiger partial charge on any atom is 0.407 e. The number of ether oxygens (including phenoxy) is 1. The average molecular weight is 524 g/mol. The molecule has 0 aromatic heterocycles. The van der Waals surface area contributed by atoms with Gasteiger partial charge < -0.3 is 27.5 Å². The molecule has 9 heteroatoms. The predicted molar refractivity (Wildman–Crippen MR) is 141 cm³/mol. The Balaban J connectivity index is 1.76. The van der Waals surface area contributed by atoms with Crippen LogP contribution < -0.4 is 5.32 Å². The minimum atomic E-state index is -3.86. The lowest BCUT2D eigenvalue weighted by Crippen LogP contribution is -2.42. The highest BCUT2D eigenvalue weighted by Crippen LogP contribution is 2.27. The van der Waals surface area contributed by atoms with Crippen LogP contribution in [0.5, 0.6) is 0 Å². The Bertz CT molecular complexity index is 1340. The normalized spacial score (nSPS) is 11.8. The van der Waals surface area contributed by atoms with Gasteiger partial charge in [0, 0.05) is 17.7 Å². The van der Waals surface area contributed by atoms with Gasteiger partial charge in [-0.05, 0) is 36.6 Å². The number of carbonyl (C=O) groups is 2. The van der Waals surface area contributed by atoms with Crippen molar-refractivity contribution in [2.75, 3.05) is 7.05 Å². The molecule has 0 spiro atoms. The van der Waals surface area contributed by atoms with Gasteiger partial charge in [0.1, 0.15) is 6.61 Å². The van der Waals surface area contributed by atoms with Crippen molar-refractivity contribution in [3.63, 3.8) is 0 Å². The SMILES string of the molecule is C=C(c1ccccc1C[C@H](NC(=O)OCc1ccccc1)C(=O)[S-])N(C)S(=O)(=O)c1ccc(C)cc1. The number of alkyl carbamates (subject to hydrolysis) is 1. The molecule has 1 atom stereocenters. The van der Waals surface area contributed by atoms with E-state index in [1.54, 1.807) is 36.4 Å². The molecule has 0 aliphatic rings.